The van der Waals surface area contributed by atoms with Gasteiger partial charge in [-0.1, -0.05) is 26.0 Å². The van der Waals surface area contributed by atoms with Gasteiger partial charge in [-0.05, 0) is 25.2 Å². The monoisotopic (exact) mass is 238 g/mol. The Morgan fingerprint density at radius 1 is 1.53 bits per heavy atom. The molecule has 0 unspecified atom stereocenters. The van der Waals surface area contributed by atoms with E-state index < -0.39 is 0 Å². The molecule has 96 valence electrons. The molecule has 0 heterocycles. The molecule has 1 rings (SSSR count). The van der Waals surface area contributed by atoms with Gasteiger partial charge < -0.3 is 4.74 Å². The van der Waals surface area contributed by atoms with Gasteiger partial charge in [0.2, 0.25) is 0 Å². The van der Waals surface area contributed by atoms with Crippen molar-refractivity contribution in [1.82, 2.24) is 0 Å². The second-order valence-electron chi connectivity index (χ2n) is 4.94. The van der Waals surface area contributed by atoms with Crippen molar-refractivity contribution in [3.63, 3.8) is 0 Å². The van der Waals surface area contributed by atoms with E-state index in [2.05, 4.69) is 19.1 Å². The molecular formula is C14H22O3. The van der Waals surface area contributed by atoms with Crippen LogP contribution in [0.1, 0.15) is 46.0 Å². The first-order valence-corrected chi connectivity index (χ1v) is 6.29. The van der Waals surface area contributed by atoms with Crippen molar-refractivity contribution in [1.29, 1.82) is 0 Å². The molecule has 0 bridgehead atoms. The summed E-state index contributed by atoms with van der Waals surface area (Å²) >= 11 is 0. The molecule has 2 atom stereocenters. The summed E-state index contributed by atoms with van der Waals surface area (Å²) in [5.41, 5.74) is -0.375. The first kappa shape index (κ1) is 13.9. The summed E-state index contributed by atoms with van der Waals surface area (Å²) in [6.45, 7) is 4.05. The van der Waals surface area contributed by atoms with Crippen molar-refractivity contribution in [2.75, 3.05) is 7.11 Å². The zero-order valence-electron chi connectivity index (χ0n) is 11.0. The van der Waals surface area contributed by atoms with Crippen molar-refractivity contribution < 1.29 is 14.3 Å². The lowest BCUT2D eigenvalue weighted by Gasteiger charge is -2.28. The second-order valence-corrected chi connectivity index (χ2v) is 4.94. The lowest BCUT2D eigenvalue weighted by atomic mass is 9.74. The van der Waals surface area contributed by atoms with E-state index >= 15 is 0 Å². The molecule has 0 saturated heterocycles. The van der Waals surface area contributed by atoms with Crippen LogP contribution < -0.4 is 0 Å². The highest BCUT2D eigenvalue weighted by atomic mass is 16.5. The predicted octanol–water partition coefficient (Wildman–Crippen LogP) is 2.89. The summed E-state index contributed by atoms with van der Waals surface area (Å²) in [6, 6.07) is 0. The average molecular weight is 238 g/mol. The van der Waals surface area contributed by atoms with Crippen LogP contribution in [0, 0.1) is 11.3 Å². The van der Waals surface area contributed by atoms with Crippen LogP contribution in [0.3, 0.4) is 0 Å². The molecule has 1 aliphatic rings. The van der Waals surface area contributed by atoms with Gasteiger partial charge in [0.15, 0.2) is 0 Å². The summed E-state index contributed by atoms with van der Waals surface area (Å²) in [5.74, 6) is 0.200. The molecular weight excluding hydrogens is 216 g/mol. The minimum atomic E-state index is -0.375. The molecule has 0 N–H and O–H groups in total. The highest BCUT2D eigenvalue weighted by Crippen LogP contribution is 2.45. The van der Waals surface area contributed by atoms with Gasteiger partial charge in [0, 0.05) is 18.3 Å². The van der Waals surface area contributed by atoms with Crippen molar-refractivity contribution in [3.05, 3.63) is 12.2 Å². The van der Waals surface area contributed by atoms with E-state index in [1.165, 1.54) is 7.11 Å². The summed E-state index contributed by atoms with van der Waals surface area (Å²) in [4.78, 5) is 23.3. The number of methoxy groups -OCH3 is 1. The first-order chi connectivity index (χ1) is 8.04. The molecule has 0 aromatic rings. The molecule has 3 heteroatoms. The molecule has 0 amide bonds. The van der Waals surface area contributed by atoms with Crippen LogP contribution >= 0.6 is 0 Å². The molecule has 3 nitrogen and oxygen atoms in total. The zero-order chi connectivity index (χ0) is 12.9. The maximum Gasteiger partial charge on any atom is 0.305 e. The van der Waals surface area contributed by atoms with Crippen molar-refractivity contribution in [3.8, 4) is 0 Å². The number of hydrogen-bond donors (Lipinski definition) is 0. The largest absolute Gasteiger partial charge is 0.469 e. The number of esters is 1. The van der Waals surface area contributed by atoms with Gasteiger partial charge in [0.25, 0.3) is 0 Å². The van der Waals surface area contributed by atoms with E-state index in [0.717, 1.165) is 19.3 Å². The van der Waals surface area contributed by atoms with Crippen LogP contribution in [0.5, 0.6) is 0 Å². The van der Waals surface area contributed by atoms with E-state index in [1.54, 1.807) is 0 Å². The lowest BCUT2D eigenvalue weighted by molar-refractivity contribution is -0.142. The summed E-state index contributed by atoms with van der Waals surface area (Å²) < 4.78 is 4.70. The van der Waals surface area contributed by atoms with E-state index in [1.807, 2.05) is 6.92 Å². The molecule has 0 spiro atoms. The van der Waals surface area contributed by atoms with Crippen LogP contribution in [-0.2, 0) is 14.3 Å². The Morgan fingerprint density at radius 3 is 2.82 bits per heavy atom. The Morgan fingerprint density at radius 2 is 2.24 bits per heavy atom. The van der Waals surface area contributed by atoms with Gasteiger partial charge in [0.1, 0.15) is 5.78 Å². The third-order valence-corrected chi connectivity index (χ3v) is 3.84. The zero-order valence-corrected chi connectivity index (χ0v) is 11.0. The predicted molar refractivity (Wildman–Crippen MR) is 66.5 cm³/mol. The third kappa shape index (κ3) is 3.18. The Bertz CT molecular complexity index is 319. The summed E-state index contributed by atoms with van der Waals surface area (Å²) in [6.07, 6.45) is 7.62. The fraction of sp³-hybridized carbons (Fsp3) is 0.714. The Labute approximate surface area is 103 Å². The van der Waals surface area contributed by atoms with Gasteiger partial charge in [-0.2, -0.15) is 0 Å². The lowest BCUT2D eigenvalue weighted by Crippen LogP contribution is -2.30. The maximum absolute atomic E-state index is 12.0. The maximum atomic E-state index is 12.0. The topological polar surface area (TPSA) is 43.4 Å². The van der Waals surface area contributed by atoms with Gasteiger partial charge in [-0.15, -0.1) is 0 Å². The number of carbonyl (C=O) groups is 2. The van der Waals surface area contributed by atoms with Crippen LogP contribution in [-0.4, -0.2) is 18.9 Å². The van der Waals surface area contributed by atoms with Crippen LogP contribution in [0.25, 0.3) is 0 Å². The summed E-state index contributed by atoms with van der Waals surface area (Å²) in [7, 11) is 1.40. The van der Waals surface area contributed by atoms with E-state index in [-0.39, 0.29) is 23.1 Å². The Balaban J connectivity index is 2.72. The normalized spacial score (nSPS) is 28.9. The number of hydrogen-bond acceptors (Lipinski definition) is 3. The van der Waals surface area contributed by atoms with E-state index in [4.69, 9.17) is 4.74 Å². The highest BCUT2D eigenvalue weighted by molar-refractivity contribution is 5.88. The number of rotatable bonds is 5. The number of ether oxygens (including phenoxy) is 1. The van der Waals surface area contributed by atoms with Gasteiger partial charge in [0.05, 0.1) is 7.11 Å². The first-order valence-electron chi connectivity index (χ1n) is 6.29. The third-order valence-electron chi connectivity index (χ3n) is 3.84. The van der Waals surface area contributed by atoms with Crippen LogP contribution in [0.2, 0.25) is 0 Å². The van der Waals surface area contributed by atoms with Crippen LogP contribution in [0.4, 0.5) is 0 Å². The molecule has 1 aliphatic carbocycles. The smallest absolute Gasteiger partial charge is 0.305 e. The number of allylic oxidation sites excluding steroid dienone is 2. The molecule has 1 saturated carbocycles. The van der Waals surface area contributed by atoms with Crippen molar-refractivity contribution in [2.24, 2.45) is 11.3 Å². The van der Waals surface area contributed by atoms with E-state index in [9.17, 15) is 9.59 Å². The Kier molecular flexibility index (Phi) is 4.91. The fourth-order valence-electron chi connectivity index (χ4n) is 2.52. The van der Waals surface area contributed by atoms with Gasteiger partial charge in [-0.3, -0.25) is 9.59 Å². The molecule has 0 aromatic heterocycles. The number of carbonyl (C=O) groups excluding carboxylic acids is 2. The Hall–Kier alpha value is -1.12. The average Bonchev–Trinajstić information content (AvgIpc) is 2.58. The van der Waals surface area contributed by atoms with E-state index in [0.29, 0.717) is 12.8 Å². The fourth-order valence-corrected chi connectivity index (χ4v) is 2.52. The van der Waals surface area contributed by atoms with Crippen LogP contribution in [0.15, 0.2) is 12.2 Å². The SMILES string of the molecule is CC/C=C\C[C@@]1(C)C(=O)CC[C@@H]1CC(=O)OC. The molecule has 1 fully saturated rings. The molecule has 17 heavy (non-hydrogen) atoms. The second kappa shape index (κ2) is 5.99. The summed E-state index contributed by atoms with van der Waals surface area (Å²) in [5, 5.41) is 0. The molecule has 0 aromatic carbocycles. The number of Topliss-reactive ketones (excluding diaryl/α,β-unsaturated/α-hetero) is 1. The standard InChI is InChI=1S/C14H22O3/c1-4-5-6-9-14(2)11(7-8-12(14)15)10-13(16)17-3/h5-6,11H,4,7-10H2,1-3H3/b6-5-/t11-,14-/m1/s1. The highest BCUT2D eigenvalue weighted by Gasteiger charge is 2.45. The molecule has 0 radical (unpaired) electrons. The van der Waals surface area contributed by atoms with Gasteiger partial charge >= 0.3 is 5.97 Å². The minimum absolute atomic E-state index is 0.129. The van der Waals surface area contributed by atoms with Crippen molar-refractivity contribution >= 4 is 11.8 Å². The quantitative estimate of drug-likeness (QED) is 0.546. The van der Waals surface area contributed by atoms with Gasteiger partial charge in [-0.25, -0.2) is 0 Å². The van der Waals surface area contributed by atoms with Crippen molar-refractivity contribution in [2.45, 2.75) is 46.0 Å². The molecule has 0 aliphatic heterocycles. The number of ketones is 1. The minimum Gasteiger partial charge on any atom is -0.469 e.